The summed E-state index contributed by atoms with van der Waals surface area (Å²) in [5.41, 5.74) is 1.80. The van der Waals surface area contributed by atoms with E-state index in [1.807, 2.05) is 24.3 Å². The lowest BCUT2D eigenvalue weighted by atomic mass is 10.0. The van der Waals surface area contributed by atoms with E-state index >= 15 is 0 Å². The summed E-state index contributed by atoms with van der Waals surface area (Å²) in [7, 11) is 0. The molecule has 94 valence electrons. The van der Waals surface area contributed by atoms with E-state index in [-0.39, 0.29) is 11.8 Å². The number of benzene rings is 1. The van der Waals surface area contributed by atoms with Crippen LogP contribution in [0.25, 0.3) is 0 Å². The zero-order valence-corrected chi connectivity index (χ0v) is 10.6. The van der Waals surface area contributed by atoms with Crippen LogP contribution in [0.1, 0.15) is 31.7 Å². The first-order chi connectivity index (χ1) is 8.74. The van der Waals surface area contributed by atoms with Gasteiger partial charge in [-0.25, -0.2) is 4.90 Å². The van der Waals surface area contributed by atoms with Gasteiger partial charge in [-0.1, -0.05) is 38.0 Å². The molecule has 0 spiro atoms. The maximum absolute atomic E-state index is 11.7. The summed E-state index contributed by atoms with van der Waals surface area (Å²) in [5.74, 6) is -0.495. The Morgan fingerprint density at radius 3 is 2.33 bits per heavy atom. The molecule has 2 amide bonds. The van der Waals surface area contributed by atoms with Crippen molar-refractivity contribution in [2.75, 3.05) is 4.90 Å². The van der Waals surface area contributed by atoms with E-state index in [0.717, 1.165) is 36.9 Å². The Morgan fingerprint density at radius 1 is 1.00 bits per heavy atom. The molecule has 0 N–H and O–H groups in total. The number of unbranched alkanes of at least 4 members (excludes halogenated alkanes) is 2. The molecule has 0 aromatic heterocycles. The molecular formula is C15H17NO2. The Hall–Kier alpha value is -1.90. The number of para-hydroxylation sites is 1. The third-order valence-corrected chi connectivity index (χ3v) is 3.09. The van der Waals surface area contributed by atoms with Crippen molar-refractivity contribution < 1.29 is 9.59 Å². The number of imide groups is 1. The van der Waals surface area contributed by atoms with E-state index in [0.29, 0.717) is 0 Å². The fourth-order valence-electron chi connectivity index (χ4n) is 2.14. The summed E-state index contributed by atoms with van der Waals surface area (Å²) in [5, 5.41) is 0. The molecule has 0 fully saturated rings. The van der Waals surface area contributed by atoms with Gasteiger partial charge in [0.2, 0.25) is 0 Å². The third kappa shape index (κ3) is 2.50. The molecule has 0 saturated heterocycles. The predicted molar refractivity (Wildman–Crippen MR) is 71.3 cm³/mol. The number of hydrogen-bond donors (Lipinski definition) is 0. The number of amides is 2. The van der Waals surface area contributed by atoms with Crippen molar-refractivity contribution in [1.82, 2.24) is 0 Å². The standard InChI is InChI=1S/C15H17NO2/c1-2-3-4-7-12-8-5-6-9-13(12)16-14(17)10-11-15(16)18/h5-6,8-11H,2-4,7H2,1H3. The van der Waals surface area contributed by atoms with Gasteiger partial charge >= 0.3 is 0 Å². The number of nitrogens with zero attached hydrogens (tertiary/aromatic N) is 1. The Morgan fingerprint density at radius 2 is 1.67 bits per heavy atom. The first-order valence-electron chi connectivity index (χ1n) is 6.38. The quantitative estimate of drug-likeness (QED) is 0.589. The van der Waals surface area contributed by atoms with Crippen LogP contribution >= 0.6 is 0 Å². The highest BCUT2D eigenvalue weighted by Gasteiger charge is 2.26. The number of carbonyl (C=O) groups is 2. The zero-order valence-electron chi connectivity index (χ0n) is 10.6. The normalized spacial score (nSPS) is 14.6. The van der Waals surface area contributed by atoms with Crippen molar-refractivity contribution in [3.63, 3.8) is 0 Å². The highest BCUT2D eigenvalue weighted by molar-refractivity contribution is 6.28. The van der Waals surface area contributed by atoms with E-state index < -0.39 is 0 Å². The molecule has 1 heterocycles. The van der Waals surface area contributed by atoms with Gasteiger partial charge in [-0.05, 0) is 24.5 Å². The molecular weight excluding hydrogens is 226 g/mol. The minimum Gasteiger partial charge on any atom is -0.269 e. The molecule has 2 rings (SSSR count). The summed E-state index contributed by atoms with van der Waals surface area (Å²) in [6.07, 6.45) is 6.95. The van der Waals surface area contributed by atoms with Crippen molar-refractivity contribution >= 4 is 17.5 Å². The lowest BCUT2D eigenvalue weighted by Crippen LogP contribution is -2.30. The van der Waals surface area contributed by atoms with Crippen LogP contribution in [-0.2, 0) is 16.0 Å². The van der Waals surface area contributed by atoms with Gasteiger partial charge in [0.05, 0.1) is 5.69 Å². The average Bonchev–Trinajstić information content (AvgIpc) is 2.70. The molecule has 3 nitrogen and oxygen atoms in total. The van der Waals surface area contributed by atoms with Gasteiger partial charge in [0, 0.05) is 12.2 Å². The minimum absolute atomic E-state index is 0.247. The van der Waals surface area contributed by atoms with Gasteiger partial charge in [0.25, 0.3) is 11.8 Å². The lowest BCUT2D eigenvalue weighted by Gasteiger charge is -2.18. The lowest BCUT2D eigenvalue weighted by molar-refractivity contribution is -0.119. The number of hydrogen-bond acceptors (Lipinski definition) is 2. The summed E-state index contributed by atoms with van der Waals surface area (Å²) >= 11 is 0. The largest absolute Gasteiger partial charge is 0.269 e. The van der Waals surface area contributed by atoms with Gasteiger partial charge in [0.1, 0.15) is 0 Å². The Kier molecular flexibility index (Phi) is 3.92. The fourth-order valence-corrected chi connectivity index (χ4v) is 2.14. The molecule has 1 aromatic rings. The highest BCUT2D eigenvalue weighted by Crippen LogP contribution is 2.25. The monoisotopic (exact) mass is 243 g/mol. The van der Waals surface area contributed by atoms with Gasteiger partial charge in [0.15, 0.2) is 0 Å². The number of aryl methyl sites for hydroxylation is 1. The van der Waals surface area contributed by atoms with Crippen LogP contribution < -0.4 is 4.90 Å². The van der Waals surface area contributed by atoms with Crippen molar-refractivity contribution in [3.8, 4) is 0 Å². The van der Waals surface area contributed by atoms with Crippen LogP contribution in [0.2, 0.25) is 0 Å². The second kappa shape index (κ2) is 5.63. The third-order valence-electron chi connectivity index (χ3n) is 3.09. The van der Waals surface area contributed by atoms with Gasteiger partial charge < -0.3 is 0 Å². The van der Waals surface area contributed by atoms with Crippen LogP contribution in [0.5, 0.6) is 0 Å². The number of carbonyl (C=O) groups excluding carboxylic acids is 2. The van der Waals surface area contributed by atoms with Crippen LogP contribution in [0.3, 0.4) is 0 Å². The molecule has 1 aromatic carbocycles. The predicted octanol–water partition coefficient (Wildman–Crippen LogP) is 2.85. The molecule has 3 heteroatoms. The van der Waals surface area contributed by atoms with Gasteiger partial charge in [-0.2, -0.15) is 0 Å². The molecule has 0 atom stereocenters. The van der Waals surface area contributed by atoms with Crippen molar-refractivity contribution in [3.05, 3.63) is 42.0 Å². The van der Waals surface area contributed by atoms with Crippen LogP contribution in [0, 0.1) is 0 Å². The molecule has 1 aliphatic rings. The summed E-state index contributed by atoms with van der Waals surface area (Å²) < 4.78 is 0. The van der Waals surface area contributed by atoms with Crippen LogP contribution in [0.4, 0.5) is 5.69 Å². The number of anilines is 1. The molecule has 0 bridgehead atoms. The second-order valence-electron chi connectivity index (χ2n) is 4.43. The van der Waals surface area contributed by atoms with Gasteiger partial charge in [-0.15, -0.1) is 0 Å². The Labute approximate surface area is 107 Å². The fraction of sp³-hybridized carbons (Fsp3) is 0.333. The molecule has 0 aliphatic carbocycles. The van der Waals surface area contributed by atoms with E-state index in [1.54, 1.807) is 0 Å². The maximum Gasteiger partial charge on any atom is 0.258 e. The van der Waals surface area contributed by atoms with E-state index in [1.165, 1.54) is 17.1 Å². The second-order valence-corrected chi connectivity index (χ2v) is 4.43. The van der Waals surface area contributed by atoms with Crippen LogP contribution in [0.15, 0.2) is 36.4 Å². The summed E-state index contributed by atoms with van der Waals surface area (Å²) in [4.78, 5) is 24.6. The van der Waals surface area contributed by atoms with Crippen molar-refractivity contribution in [2.45, 2.75) is 32.6 Å². The molecule has 1 aliphatic heterocycles. The SMILES string of the molecule is CCCCCc1ccccc1N1C(=O)C=CC1=O. The van der Waals surface area contributed by atoms with E-state index in [9.17, 15) is 9.59 Å². The van der Waals surface area contributed by atoms with Crippen LogP contribution in [-0.4, -0.2) is 11.8 Å². The Bertz CT molecular complexity index is 473. The van der Waals surface area contributed by atoms with E-state index in [2.05, 4.69) is 6.92 Å². The van der Waals surface area contributed by atoms with Crippen molar-refractivity contribution in [1.29, 1.82) is 0 Å². The first kappa shape index (κ1) is 12.6. The van der Waals surface area contributed by atoms with E-state index in [4.69, 9.17) is 0 Å². The van der Waals surface area contributed by atoms with Gasteiger partial charge in [-0.3, -0.25) is 9.59 Å². The zero-order chi connectivity index (χ0) is 13.0. The Balaban J connectivity index is 2.22. The number of rotatable bonds is 5. The summed E-state index contributed by atoms with van der Waals surface area (Å²) in [6.45, 7) is 2.16. The topological polar surface area (TPSA) is 37.4 Å². The molecule has 18 heavy (non-hydrogen) atoms. The first-order valence-corrected chi connectivity index (χ1v) is 6.38. The highest BCUT2D eigenvalue weighted by atomic mass is 16.2. The molecule has 0 unspecified atom stereocenters. The molecule has 0 saturated carbocycles. The van der Waals surface area contributed by atoms with Crippen molar-refractivity contribution in [2.24, 2.45) is 0 Å². The molecule has 0 radical (unpaired) electrons. The maximum atomic E-state index is 11.7. The average molecular weight is 243 g/mol. The minimum atomic E-state index is -0.247. The summed E-state index contributed by atoms with van der Waals surface area (Å²) in [6, 6.07) is 7.63. The smallest absolute Gasteiger partial charge is 0.258 e.